The van der Waals surface area contributed by atoms with Crippen molar-refractivity contribution >= 4 is 50.7 Å². The zero-order valence-corrected chi connectivity index (χ0v) is 31.0. The van der Waals surface area contributed by atoms with E-state index in [1.165, 1.54) is 30.6 Å². The van der Waals surface area contributed by atoms with Crippen LogP contribution in [0.25, 0.3) is 11.6 Å². The second-order valence-corrected chi connectivity index (χ2v) is 14.0. The smallest absolute Gasteiger partial charge is 0.318 e. The summed E-state index contributed by atoms with van der Waals surface area (Å²) >= 11 is 3.82. The molecule has 0 saturated carbocycles. The van der Waals surface area contributed by atoms with Crippen molar-refractivity contribution in [2.75, 3.05) is 45.2 Å². The lowest BCUT2D eigenvalue weighted by atomic mass is 9.81. The normalized spacial score (nSPS) is 19.2. The fourth-order valence-electron chi connectivity index (χ4n) is 5.75. The highest BCUT2D eigenvalue weighted by atomic mass is 79.9. The minimum Gasteiger partial charge on any atom is -0.463 e. The molecule has 10 heteroatoms. The monoisotopic (exact) mass is 697 g/mol. The number of unbranched alkanes of at least 4 members (excludes halogenated alkanes) is 3. The Labute approximate surface area is 285 Å². The fourth-order valence-corrected chi connectivity index (χ4v) is 6.29. The Kier molecular flexibility index (Phi) is 14.5. The molecule has 1 aromatic heterocycles. The van der Waals surface area contributed by atoms with Gasteiger partial charge in [-0.15, -0.1) is 0 Å². The molecule has 1 aliphatic heterocycles. The number of ether oxygens (including phenoxy) is 1. The number of carbonyl (C=O) groups excluding carboxylic acids is 1. The Hall–Kier alpha value is -3.01. The molecule has 2 atom stereocenters. The molecule has 9 nitrogen and oxygen atoms in total. The number of halogens is 1. The molecule has 46 heavy (non-hydrogen) atoms. The highest BCUT2D eigenvalue weighted by Gasteiger charge is 2.31. The molecule has 2 unspecified atom stereocenters. The Morgan fingerprint density at radius 3 is 2.57 bits per heavy atom. The first-order valence-electron chi connectivity index (χ1n) is 17.1. The zero-order chi connectivity index (χ0) is 33.9. The predicted octanol–water partition coefficient (Wildman–Crippen LogP) is 7.61. The molecule has 2 N–H and O–H groups in total. The number of carbonyl (C=O) groups is 1. The number of nitrogens with two attached hydrogens (primary N) is 1. The fraction of sp³-hybridized carbons (Fsp3) is 0.639. The van der Waals surface area contributed by atoms with Crippen molar-refractivity contribution in [1.29, 1.82) is 0 Å². The van der Waals surface area contributed by atoms with Crippen LogP contribution < -0.4 is 15.4 Å². The van der Waals surface area contributed by atoms with E-state index in [1.807, 2.05) is 13.0 Å². The van der Waals surface area contributed by atoms with E-state index in [2.05, 4.69) is 61.5 Å². The molecule has 1 aromatic rings. The standard InChI is InChI=1S/C36H56BrN7O2/c1-9-13-15-18-36(6,17-14-10-2)24-46-35-41-30-22-28(37)32(40-25(5)11-3)27(12-4)31(30)33(42-35)44-20-16-19-39-26(23-44)21-29(38)34(45)43(7)8/h12,21-22,25H,9-11,13-20,23-24,38H2,1-8H3/b27-12-,29-21-,40-32?. The van der Waals surface area contributed by atoms with E-state index in [0.29, 0.717) is 25.7 Å². The topological polar surface area (TPSA) is 109 Å². The molecule has 2 aliphatic rings. The van der Waals surface area contributed by atoms with Gasteiger partial charge in [0.05, 0.1) is 41.5 Å². The number of aromatic nitrogens is 2. The van der Waals surface area contributed by atoms with Gasteiger partial charge in [-0.3, -0.25) is 14.8 Å². The number of hydrogen-bond donors (Lipinski definition) is 1. The van der Waals surface area contributed by atoms with Crippen LogP contribution in [0.5, 0.6) is 6.01 Å². The molecule has 1 amide bonds. The van der Waals surface area contributed by atoms with E-state index < -0.39 is 0 Å². The summed E-state index contributed by atoms with van der Waals surface area (Å²) in [6.45, 7) is 15.5. The van der Waals surface area contributed by atoms with E-state index in [9.17, 15) is 4.79 Å². The molecular weight excluding hydrogens is 642 g/mol. The lowest BCUT2D eigenvalue weighted by molar-refractivity contribution is -0.124. The van der Waals surface area contributed by atoms with Crippen LogP contribution in [0.3, 0.4) is 0 Å². The third kappa shape index (κ3) is 9.99. The number of amides is 1. The maximum Gasteiger partial charge on any atom is 0.318 e. The highest BCUT2D eigenvalue weighted by Crippen LogP contribution is 2.40. The minimum atomic E-state index is -0.240. The van der Waals surface area contributed by atoms with Crippen molar-refractivity contribution in [2.24, 2.45) is 21.1 Å². The summed E-state index contributed by atoms with van der Waals surface area (Å²) in [7, 11) is 3.39. The van der Waals surface area contributed by atoms with Gasteiger partial charge < -0.3 is 20.3 Å². The van der Waals surface area contributed by atoms with Gasteiger partial charge in [-0.25, -0.2) is 0 Å². The summed E-state index contributed by atoms with van der Waals surface area (Å²) in [5.74, 6) is 0.540. The summed E-state index contributed by atoms with van der Waals surface area (Å²) < 4.78 is 7.43. The molecule has 2 heterocycles. The Bertz CT molecular complexity index is 1360. The summed E-state index contributed by atoms with van der Waals surface area (Å²) in [5.41, 5.74) is 10.8. The van der Waals surface area contributed by atoms with E-state index in [-0.39, 0.29) is 23.1 Å². The molecule has 0 saturated heterocycles. The number of allylic oxidation sites excluding steroid dienone is 3. The summed E-state index contributed by atoms with van der Waals surface area (Å²) in [6.07, 6.45) is 15.8. The Morgan fingerprint density at radius 1 is 1.20 bits per heavy atom. The Morgan fingerprint density at radius 2 is 1.91 bits per heavy atom. The lowest BCUT2D eigenvalue weighted by Gasteiger charge is -2.31. The van der Waals surface area contributed by atoms with Crippen molar-refractivity contribution < 1.29 is 9.53 Å². The van der Waals surface area contributed by atoms with Gasteiger partial charge in [0.2, 0.25) is 0 Å². The number of aliphatic imine (C=N–C) groups is 2. The van der Waals surface area contributed by atoms with E-state index in [0.717, 1.165) is 77.2 Å². The van der Waals surface area contributed by atoms with E-state index in [4.69, 9.17) is 30.4 Å². The summed E-state index contributed by atoms with van der Waals surface area (Å²) in [5, 5.41) is 0. The van der Waals surface area contributed by atoms with Crippen LogP contribution in [0.1, 0.15) is 111 Å². The molecule has 1 aliphatic carbocycles. The zero-order valence-electron chi connectivity index (χ0n) is 29.5. The van der Waals surface area contributed by atoms with Crippen molar-refractivity contribution in [3.63, 3.8) is 0 Å². The van der Waals surface area contributed by atoms with Crippen molar-refractivity contribution in [1.82, 2.24) is 14.9 Å². The number of likely N-dealkylation sites (N-methyl/N-ethyl adjacent to an activating group) is 1. The number of nitrogens with zero attached hydrogens (tertiary/aromatic N) is 6. The number of fused-ring (bicyclic) bond motifs is 1. The number of hydrogen-bond acceptors (Lipinski definition) is 8. The average molecular weight is 699 g/mol. The molecule has 254 valence electrons. The van der Waals surface area contributed by atoms with Gasteiger partial charge in [0, 0.05) is 48.7 Å². The number of anilines is 1. The van der Waals surface area contributed by atoms with Gasteiger partial charge in [0.25, 0.3) is 5.91 Å². The van der Waals surface area contributed by atoms with Crippen LogP contribution in [0.15, 0.2) is 32.3 Å². The predicted molar refractivity (Wildman–Crippen MR) is 197 cm³/mol. The van der Waals surface area contributed by atoms with Crippen LogP contribution in [0, 0.1) is 5.41 Å². The van der Waals surface area contributed by atoms with Crippen LogP contribution >= 0.6 is 15.9 Å². The van der Waals surface area contributed by atoms with Gasteiger partial charge in [0.15, 0.2) is 0 Å². The largest absolute Gasteiger partial charge is 0.463 e. The van der Waals surface area contributed by atoms with Crippen LogP contribution in [-0.4, -0.2) is 78.6 Å². The van der Waals surface area contributed by atoms with E-state index in [1.54, 1.807) is 20.2 Å². The molecule has 3 rings (SSSR count). The quantitative estimate of drug-likeness (QED) is 0.149. The maximum absolute atomic E-state index is 12.5. The van der Waals surface area contributed by atoms with Gasteiger partial charge in [-0.1, -0.05) is 65.9 Å². The van der Waals surface area contributed by atoms with Crippen molar-refractivity contribution in [2.45, 2.75) is 105 Å². The van der Waals surface area contributed by atoms with Crippen LogP contribution in [0.2, 0.25) is 0 Å². The first-order valence-corrected chi connectivity index (χ1v) is 17.9. The molecule has 0 spiro atoms. The highest BCUT2D eigenvalue weighted by molar-refractivity contribution is 9.12. The second kappa shape index (κ2) is 17.8. The van der Waals surface area contributed by atoms with Crippen LogP contribution in [0.4, 0.5) is 5.82 Å². The average Bonchev–Trinajstić information content (AvgIpc) is 3.27. The second-order valence-electron chi connectivity index (χ2n) is 13.1. The first kappa shape index (κ1) is 37.4. The lowest BCUT2D eigenvalue weighted by Crippen LogP contribution is -2.33. The van der Waals surface area contributed by atoms with E-state index >= 15 is 0 Å². The van der Waals surface area contributed by atoms with Crippen molar-refractivity contribution in [3.05, 3.63) is 33.6 Å². The number of rotatable bonds is 15. The molecule has 0 fully saturated rings. The Balaban J connectivity index is 2.12. The van der Waals surface area contributed by atoms with Gasteiger partial charge in [0.1, 0.15) is 5.82 Å². The minimum absolute atomic E-state index is 0.0510. The first-order chi connectivity index (χ1) is 22.0. The molecule has 0 bridgehead atoms. The van der Waals surface area contributed by atoms with Crippen molar-refractivity contribution in [3.8, 4) is 6.01 Å². The molecular formula is C36H56BrN7O2. The van der Waals surface area contributed by atoms with Gasteiger partial charge in [-0.05, 0) is 67.6 Å². The summed E-state index contributed by atoms with van der Waals surface area (Å²) in [4.78, 5) is 36.2. The third-order valence-corrected chi connectivity index (χ3v) is 9.34. The van der Waals surface area contributed by atoms with Crippen LogP contribution in [-0.2, 0) is 4.79 Å². The molecule has 0 aromatic carbocycles. The molecule has 0 radical (unpaired) electrons. The third-order valence-electron chi connectivity index (χ3n) is 8.74. The van der Waals surface area contributed by atoms with Gasteiger partial charge in [-0.2, -0.15) is 9.97 Å². The SMILES string of the molecule is C/C=C1\C(=NC(C)CC)C(Br)=Cc2nc(OCC(C)(CCCC)CCCCC)nc(N3CCCN=C(/C=C(\N)C(=O)N(C)C)C3)c21. The van der Waals surface area contributed by atoms with Gasteiger partial charge >= 0.3 is 6.01 Å². The summed E-state index contributed by atoms with van der Waals surface area (Å²) in [6, 6.07) is 0.536. The maximum atomic E-state index is 12.5.